The number of anilines is 1. The third-order valence-electron chi connectivity index (χ3n) is 2.75. The lowest BCUT2D eigenvalue weighted by molar-refractivity contribution is -0.114. The van der Waals surface area contributed by atoms with Gasteiger partial charge in [-0.05, 0) is 24.8 Å². The van der Waals surface area contributed by atoms with Crippen LogP contribution < -0.4 is 11.1 Å². The number of nitrogens with one attached hydrogen (secondary N) is 1. The van der Waals surface area contributed by atoms with E-state index in [1.807, 2.05) is 0 Å². The number of carbonyl (C=O) groups is 2. The Labute approximate surface area is 103 Å². The zero-order valence-corrected chi connectivity index (χ0v) is 10.4. The summed E-state index contributed by atoms with van der Waals surface area (Å²) in [5.74, 6) is -0.688. The summed E-state index contributed by atoms with van der Waals surface area (Å²) in [6, 6.07) is 0. The Morgan fingerprint density at radius 3 is 2.88 bits per heavy atom. The van der Waals surface area contributed by atoms with Crippen LogP contribution in [0.4, 0.5) is 5.00 Å². The number of esters is 1. The molecule has 0 aromatic carbocycles. The molecular weight excluding hydrogens is 240 g/mol. The molecule has 1 aromatic heterocycles. The number of hydrogen-bond acceptors (Lipinski definition) is 5. The fourth-order valence-electron chi connectivity index (χ4n) is 1.99. The van der Waals surface area contributed by atoms with Crippen LogP contribution in [0.3, 0.4) is 0 Å². The van der Waals surface area contributed by atoms with Crippen molar-refractivity contribution in [3.8, 4) is 0 Å². The lowest BCUT2D eigenvalue weighted by Crippen LogP contribution is -2.22. The Bertz CT molecular complexity index is 468. The fourth-order valence-corrected chi connectivity index (χ4v) is 3.28. The van der Waals surface area contributed by atoms with Gasteiger partial charge in [0.15, 0.2) is 0 Å². The van der Waals surface area contributed by atoms with Crippen molar-refractivity contribution < 1.29 is 14.3 Å². The van der Waals surface area contributed by atoms with E-state index in [9.17, 15) is 9.59 Å². The van der Waals surface area contributed by atoms with Crippen molar-refractivity contribution in [1.29, 1.82) is 0 Å². The van der Waals surface area contributed by atoms with Gasteiger partial charge in [0.2, 0.25) is 5.91 Å². The van der Waals surface area contributed by atoms with Crippen LogP contribution in [0.5, 0.6) is 0 Å². The minimum absolute atomic E-state index is 0.0941. The van der Waals surface area contributed by atoms with Gasteiger partial charge in [-0.25, -0.2) is 4.79 Å². The molecule has 0 saturated carbocycles. The van der Waals surface area contributed by atoms with Crippen molar-refractivity contribution in [3.63, 3.8) is 0 Å². The van der Waals surface area contributed by atoms with E-state index in [4.69, 9.17) is 10.5 Å². The maximum Gasteiger partial charge on any atom is 0.341 e. The molecule has 3 N–H and O–H groups in total. The van der Waals surface area contributed by atoms with Gasteiger partial charge in [-0.15, -0.1) is 11.3 Å². The van der Waals surface area contributed by atoms with Gasteiger partial charge in [0, 0.05) is 4.88 Å². The maximum atomic E-state index is 11.7. The number of nitrogens with two attached hydrogens (primary N) is 1. The molecule has 5 nitrogen and oxygen atoms in total. The van der Waals surface area contributed by atoms with E-state index in [0.717, 1.165) is 29.7 Å². The molecule has 1 amide bonds. The predicted octanol–water partition coefficient (Wildman–Crippen LogP) is 0.921. The van der Waals surface area contributed by atoms with E-state index in [0.29, 0.717) is 10.6 Å². The molecule has 0 unspecified atom stereocenters. The number of aryl methyl sites for hydroxylation is 1. The number of amides is 1. The van der Waals surface area contributed by atoms with Gasteiger partial charge in [-0.1, -0.05) is 0 Å². The summed E-state index contributed by atoms with van der Waals surface area (Å²) in [4.78, 5) is 24.2. The molecule has 0 atom stereocenters. The summed E-state index contributed by atoms with van der Waals surface area (Å²) in [6.07, 6.45) is 2.88. The number of hydrogen-bond donors (Lipinski definition) is 2. The molecule has 6 heteroatoms. The summed E-state index contributed by atoms with van der Waals surface area (Å²) in [5, 5.41) is 3.23. The van der Waals surface area contributed by atoms with Crippen molar-refractivity contribution in [2.75, 3.05) is 19.0 Å². The summed E-state index contributed by atoms with van der Waals surface area (Å²) in [7, 11) is 1.34. The van der Waals surface area contributed by atoms with E-state index in [1.165, 1.54) is 18.4 Å². The lowest BCUT2D eigenvalue weighted by Gasteiger charge is -2.05. The van der Waals surface area contributed by atoms with E-state index in [2.05, 4.69) is 5.32 Å². The van der Waals surface area contributed by atoms with E-state index in [-0.39, 0.29) is 12.5 Å². The molecule has 0 saturated heterocycles. The van der Waals surface area contributed by atoms with E-state index < -0.39 is 5.97 Å². The highest BCUT2D eigenvalue weighted by atomic mass is 32.1. The second-order valence-electron chi connectivity index (χ2n) is 3.81. The number of fused-ring (bicyclic) bond motifs is 1. The molecule has 0 aliphatic heterocycles. The van der Waals surface area contributed by atoms with Gasteiger partial charge < -0.3 is 15.8 Å². The van der Waals surface area contributed by atoms with E-state index >= 15 is 0 Å². The predicted molar refractivity (Wildman–Crippen MR) is 65.4 cm³/mol. The minimum atomic E-state index is -0.392. The molecule has 17 heavy (non-hydrogen) atoms. The van der Waals surface area contributed by atoms with Crippen molar-refractivity contribution >= 4 is 28.2 Å². The molecule has 1 aliphatic carbocycles. The Morgan fingerprint density at radius 2 is 2.24 bits per heavy atom. The van der Waals surface area contributed by atoms with Crippen molar-refractivity contribution in [2.24, 2.45) is 5.73 Å². The van der Waals surface area contributed by atoms with Crippen LogP contribution in [0.1, 0.15) is 27.2 Å². The third kappa shape index (κ3) is 2.18. The minimum Gasteiger partial charge on any atom is -0.465 e. The molecule has 92 valence electrons. The second-order valence-corrected chi connectivity index (χ2v) is 4.91. The summed E-state index contributed by atoms with van der Waals surface area (Å²) in [6.45, 7) is -0.0941. The normalized spacial score (nSPS) is 13.3. The number of methoxy groups -OCH3 is 1. The summed E-state index contributed by atoms with van der Waals surface area (Å²) < 4.78 is 4.76. The summed E-state index contributed by atoms with van der Waals surface area (Å²) >= 11 is 1.45. The van der Waals surface area contributed by atoms with Crippen LogP contribution in [0.25, 0.3) is 0 Å². The first-order valence-corrected chi connectivity index (χ1v) is 6.21. The fraction of sp³-hybridized carbons (Fsp3) is 0.455. The number of carbonyl (C=O) groups excluding carboxylic acids is 2. The van der Waals surface area contributed by atoms with Crippen LogP contribution >= 0.6 is 11.3 Å². The molecule has 0 fully saturated rings. The molecule has 1 aliphatic rings. The SMILES string of the molecule is COC(=O)c1c(NC(=O)CN)sc2c1CCC2. The Morgan fingerprint density at radius 1 is 1.47 bits per heavy atom. The van der Waals surface area contributed by atoms with Gasteiger partial charge in [0.25, 0.3) is 0 Å². The van der Waals surface area contributed by atoms with Crippen molar-refractivity contribution in [2.45, 2.75) is 19.3 Å². The Balaban J connectivity index is 2.38. The van der Waals surface area contributed by atoms with Gasteiger partial charge in [0.05, 0.1) is 19.2 Å². The highest BCUT2D eigenvalue weighted by molar-refractivity contribution is 7.17. The maximum absolute atomic E-state index is 11.7. The van der Waals surface area contributed by atoms with Crippen LogP contribution in [-0.2, 0) is 22.4 Å². The van der Waals surface area contributed by atoms with Crippen molar-refractivity contribution in [3.05, 3.63) is 16.0 Å². The van der Waals surface area contributed by atoms with Crippen LogP contribution in [-0.4, -0.2) is 25.5 Å². The number of ether oxygens (including phenoxy) is 1. The Kier molecular flexibility index (Phi) is 3.44. The molecule has 2 rings (SSSR count). The standard InChI is InChI=1S/C11H14N2O3S/c1-16-11(15)9-6-3-2-4-7(6)17-10(9)13-8(14)5-12/h2-5,12H2,1H3,(H,13,14). The molecule has 1 aromatic rings. The van der Waals surface area contributed by atoms with Gasteiger partial charge in [-0.3, -0.25) is 4.79 Å². The monoisotopic (exact) mass is 254 g/mol. The first-order chi connectivity index (χ1) is 8.17. The molecule has 1 heterocycles. The lowest BCUT2D eigenvalue weighted by atomic mass is 10.1. The van der Waals surface area contributed by atoms with Crippen LogP contribution in [0.2, 0.25) is 0 Å². The molecule has 0 spiro atoms. The van der Waals surface area contributed by atoms with Crippen LogP contribution in [0, 0.1) is 0 Å². The zero-order valence-electron chi connectivity index (χ0n) is 9.54. The number of thiophene rings is 1. The second kappa shape index (κ2) is 4.85. The zero-order chi connectivity index (χ0) is 12.4. The average molecular weight is 254 g/mol. The topological polar surface area (TPSA) is 81.4 Å². The van der Waals surface area contributed by atoms with Gasteiger partial charge in [-0.2, -0.15) is 0 Å². The third-order valence-corrected chi connectivity index (χ3v) is 3.96. The quantitative estimate of drug-likeness (QED) is 0.786. The molecule has 0 radical (unpaired) electrons. The Hall–Kier alpha value is -1.40. The van der Waals surface area contributed by atoms with Crippen LogP contribution in [0.15, 0.2) is 0 Å². The van der Waals surface area contributed by atoms with Gasteiger partial charge >= 0.3 is 5.97 Å². The smallest absolute Gasteiger partial charge is 0.341 e. The largest absolute Gasteiger partial charge is 0.465 e. The van der Waals surface area contributed by atoms with Gasteiger partial charge in [0.1, 0.15) is 5.00 Å². The van der Waals surface area contributed by atoms with Crippen molar-refractivity contribution in [1.82, 2.24) is 0 Å². The highest BCUT2D eigenvalue weighted by Gasteiger charge is 2.27. The first kappa shape index (κ1) is 12.1. The highest BCUT2D eigenvalue weighted by Crippen LogP contribution is 2.39. The summed E-state index contributed by atoms with van der Waals surface area (Å²) in [5.41, 5.74) is 6.77. The average Bonchev–Trinajstić information content (AvgIpc) is 2.87. The number of rotatable bonds is 3. The first-order valence-electron chi connectivity index (χ1n) is 5.40. The van der Waals surface area contributed by atoms with E-state index in [1.54, 1.807) is 0 Å². The molecule has 0 bridgehead atoms. The molecular formula is C11H14N2O3S.